The molecule has 0 atom stereocenters. The highest BCUT2D eigenvalue weighted by Crippen LogP contribution is 2.56. The first-order valence-corrected chi connectivity index (χ1v) is 5.24. The molecule has 66 valence electrons. The Labute approximate surface area is 79.3 Å². The molecule has 0 N–H and O–H groups in total. The molecule has 0 aromatic carbocycles. The quantitative estimate of drug-likeness (QED) is 0.483. The van der Waals surface area contributed by atoms with E-state index >= 15 is 0 Å². The number of hydrogen-bond donors (Lipinski definition) is 0. The molecule has 4 saturated carbocycles. The van der Waals surface area contributed by atoms with Gasteiger partial charge in [0.2, 0.25) is 0 Å². The molecule has 0 radical (unpaired) electrons. The van der Waals surface area contributed by atoms with E-state index < -0.39 is 6.85 Å². The van der Waals surface area contributed by atoms with Gasteiger partial charge >= 0.3 is 0 Å². The van der Waals surface area contributed by atoms with Crippen molar-refractivity contribution in [3.8, 4) is 0 Å². The summed E-state index contributed by atoms with van der Waals surface area (Å²) >= 11 is 0. The molecule has 4 bridgehead atoms. The summed E-state index contributed by atoms with van der Waals surface area (Å²) in [4.78, 5) is 0. The first kappa shape index (κ1) is 4.83. The van der Waals surface area contributed by atoms with E-state index in [9.17, 15) is 0 Å². The van der Waals surface area contributed by atoms with Gasteiger partial charge < -0.3 is 0 Å². The summed E-state index contributed by atoms with van der Waals surface area (Å²) in [6, 6.07) is 0. The fraction of sp³-hybridized carbons (Fsp3) is 0.833. The molecule has 4 rings (SSSR count). The topological polar surface area (TPSA) is 0 Å². The van der Waals surface area contributed by atoms with Crippen LogP contribution in [-0.4, -0.2) is 0 Å². The molecule has 0 aromatic heterocycles. The van der Waals surface area contributed by atoms with E-state index in [1.165, 1.54) is 37.7 Å². The van der Waals surface area contributed by atoms with E-state index in [0.717, 1.165) is 11.8 Å². The van der Waals surface area contributed by atoms with Gasteiger partial charge in [-0.05, 0) is 62.6 Å². The predicted octanol–water partition coefficient (Wildman–Crippen LogP) is 3.39. The average Bonchev–Trinajstić information content (AvgIpc) is 2.08. The normalized spacial score (nSPS) is 54.7. The minimum absolute atomic E-state index is 0.627. The Hall–Kier alpha value is -0.260. The maximum atomic E-state index is 7.37. The number of rotatable bonds is 0. The lowest BCUT2D eigenvalue weighted by atomic mass is 9.54. The van der Waals surface area contributed by atoms with Crippen molar-refractivity contribution in [3.63, 3.8) is 0 Å². The summed E-state index contributed by atoms with van der Waals surface area (Å²) in [6.07, 6.45) is 8.13. The van der Waals surface area contributed by atoms with Crippen LogP contribution >= 0.6 is 0 Å². The van der Waals surface area contributed by atoms with Gasteiger partial charge in [0.1, 0.15) is 0 Å². The molecule has 0 unspecified atom stereocenters. The highest BCUT2D eigenvalue weighted by atomic mass is 14.5. The van der Waals surface area contributed by atoms with Crippen LogP contribution in [0.1, 0.15) is 43.1 Å². The van der Waals surface area contributed by atoms with E-state index in [0.29, 0.717) is 11.8 Å². The largest absolute Gasteiger partial charge is 0.0879 e. The third-order valence-corrected chi connectivity index (χ3v) is 4.25. The van der Waals surface area contributed by atoms with Gasteiger partial charge in [-0.3, -0.25) is 0 Å². The molecule has 0 heterocycles. The van der Waals surface area contributed by atoms with Crippen molar-refractivity contribution in [2.45, 2.75) is 39.0 Å². The summed E-state index contributed by atoms with van der Waals surface area (Å²) in [5, 5.41) is 0. The van der Waals surface area contributed by atoms with E-state index in [1.807, 2.05) is 0 Å². The highest BCUT2D eigenvalue weighted by molar-refractivity contribution is 5.19. The summed E-state index contributed by atoms with van der Waals surface area (Å²) in [6.45, 7) is -1.86. The number of allylic oxidation sites excluding steroid dienone is 2. The first-order valence-electron chi connectivity index (χ1n) is 6.74. The highest BCUT2D eigenvalue weighted by Gasteiger charge is 2.44. The second kappa shape index (κ2) is 2.37. The first-order chi connectivity index (χ1) is 7.01. The van der Waals surface area contributed by atoms with Gasteiger partial charge in [-0.1, -0.05) is 11.6 Å². The van der Waals surface area contributed by atoms with Crippen LogP contribution in [0.25, 0.3) is 0 Å². The van der Waals surface area contributed by atoms with Crippen molar-refractivity contribution in [1.82, 2.24) is 0 Å². The smallest absolute Gasteiger partial charge is 0.0273 e. The van der Waals surface area contributed by atoms with Gasteiger partial charge in [-0.2, -0.15) is 0 Å². The maximum absolute atomic E-state index is 7.37. The van der Waals surface area contributed by atoms with Crippen LogP contribution in [0.4, 0.5) is 0 Å². The Morgan fingerprint density at radius 2 is 1.67 bits per heavy atom. The van der Waals surface area contributed by atoms with Crippen LogP contribution in [-0.2, 0) is 0 Å². The molecule has 0 heteroatoms. The van der Waals surface area contributed by atoms with E-state index in [-0.39, 0.29) is 0 Å². The van der Waals surface area contributed by atoms with E-state index in [2.05, 4.69) is 0 Å². The third kappa shape index (κ3) is 0.841. The zero-order valence-corrected chi connectivity index (χ0v) is 7.42. The van der Waals surface area contributed by atoms with Crippen molar-refractivity contribution in [2.24, 2.45) is 23.7 Å². The number of hydrogen-bond acceptors (Lipinski definition) is 0. The van der Waals surface area contributed by atoms with E-state index in [4.69, 9.17) is 4.11 Å². The summed E-state index contributed by atoms with van der Waals surface area (Å²) in [5.74, 6) is 3.09. The van der Waals surface area contributed by atoms with Crippen molar-refractivity contribution < 1.29 is 4.11 Å². The lowest BCUT2D eigenvalue weighted by molar-refractivity contribution is 0.0695. The molecule has 4 aliphatic carbocycles. The molecule has 0 aromatic rings. The lowest BCUT2D eigenvalue weighted by Crippen LogP contribution is -2.40. The monoisotopic (exact) mass is 165 g/mol. The van der Waals surface area contributed by atoms with Crippen molar-refractivity contribution in [2.75, 3.05) is 0 Å². The minimum atomic E-state index is -1.86. The van der Waals surface area contributed by atoms with Crippen molar-refractivity contribution in [1.29, 1.82) is 0 Å². The van der Waals surface area contributed by atoms with Crippen LogP contribution in [0, 0.1) is 23.7 Å². The fourth-order valence-corrected chi connectivity index (χ4v) is 3.96. The van der Waals surface area contributed by atoms with Crippen LogP contribution in [0.5, 0.6) is 0 Å². The molecule has 0 aliphatic heterocycles. The van der Waals surface area contributed by atoms with Crippen LogP contribution in [0.3, 0.4) is 0 Å². The third-order valence-electron chi connectivity index (χ3n) is 4.25. The second-order valence-electron chi connectivity index (χ2n) is 4.95. The second-order valence-corrected chi connectivity index (χ2v) is 4.95. The fourth-order valence-electron chi connectivity index (χ4n) is 3.96. The van der Waals surface area contributed by atoms with Crippen molar-refractivity contribution in [3.05, 3.63) is 11.6 Å². The molecule has 4 fully saturated rings. The molecule has 0 saturated heterocycles. The van der Waals surface area contributed by atoms with Gasteiger partial charge in [0.25, 0.3) is 0 Å². The summed E-state index contributed by atoms with van der Waals surface area (Å²) in [7, 11) is 0. The van der Waals surface area contributed by atoms with Crippen LogP contribution in [0.2, 0.25) is 0 Å². The average molecular weight is 165 g/mol. The van der Waals surface area contributed by atoms with Crippen LogP contribution < -0.4 is 0 Å². The molecular weight excluding hydrogens is 144 g/mol. The standard InChI is InChI=1S/C12H18/c1-2-12-10-4-8-3-9(6-10)7-11(12)5-8/h2,8-11H,3-7H2,1H3/i1D3. The summed E-state index contributed by atoms with van der Waals surface area (Å²) < 4.78 is 22.1. The molecule has 0 amide bonds. The van der Waals surface area contributed by atoms with E-state index in [1.54, 1.807) is 6.08 Å². The van der Waals surface area contributed by atoms with Crippen molar-refractivity contribution >= 4 is 0 Å². The zero-order valence-electron chi connectivity index (χ0n) is 10.4. The Balaban J connectivity index is 1.89. The molecule has 0 nitrogen and oxygen atoms in total. The van der Waals surface area contributed by atoms with Gasteiger partial charge in [0.15, 0.2) is 0 Å². The molecular formula is C12H18. The Bertz CT molecular complexity index is 270. The zero-order chi connectivity index (χ0) is 10.6. The Morgan fingerprint density at radius 1 is 1.08 bits per heavy atom. The SMILES string of the molecule is [2H]C([2H])([2H])C=C1C2CC3CC(C2)CC1C3. The van der Waals surface area contributed by atoms with Gasteiger partial charge in [-0.15, -0.1) is 0 Å². The van der Waals surface area contributed by atoms with Crippen LogP contribution in [0.15, 0.2) is 11.6 Å². The predicted molar refractivity (Wildman–Crippen MR) is 50.8 cm³/mol. The Kier molecular flexibility index (Phi) is 0.954. The summed E-state index contributed by atoms with van der Waals surface area (Å²) in [5.41, 5.74) is 1.29. The van der Waals surface area contributed by atoms with Gasteiger partial charge in [0.05, 0.1) is 0 Å². The maximum Gasteiger partial charge on any atom is 0.0273 e. The minimum Gasteiger partial charge on any atom is -0.0879 e. The molecule has 0 spiro atoms. The van der Waals surface area contributed by atoms with Gasteiger partial charge in [0, 0.05) is 4.11 Å². The molecule has 12 heavy (non-hydrogen) atoms. The van der Waals surface area contributed by atoms with Gasteiger partial charge in [-0.25, -0.2) is 0 Å². The Morgan fingerprint density at radius 3 is 2.17 bits per heavy atom. The lowest BCUT2D eigenvalue weighted by Gasteiger charge is -2.51. The molecule has 4 aliphatic rings.